The van der Waals surface area contributed by atoms with Crippen molar-refractivity contribution in [3.8, 4) is 0 Å². The number of aryl methyl sites for hydroxylation is 1. The number of piperidine rings is 1. The van der Waals surface area contributed by atoms with Gasteiger partial charge in [-0.3, -0.25) is 9.59 Å². The summed E-state index contributed by atoms with van der Waals surface area (Å²) in [7, 11) is 0. The molecule has 6 nitrogen and oxygen atoms in total. The maximum absolute atomic E-state index is 13.0. The molecule has 3 heterocycles. The van der Waals surface area contributed by atoms with Crippen molar-refractivity contribution in [3.05, 3.63) is 48.0 Å². The van der Waals surface area contributed by atoms with Gasteiger partial charge in [0.2, 0.25) is 5.91 Å². The van der Waals surface area contributed by atoms with Crippen LogP contribution in [0.25, 0.3) is 0 Å². The van der Waals surface area contributed by atoms with Crippen molar-refractivity contribution in [3.63, 3.8) is 0 Å². The highest BCUT2D eigenvalue weighted by Gasteiger charge is 2.28. The summed E-state index contributed by atoms with van der Waals surface area (Å²) in [6.07, 6.45) is 7.43. The lowest BCUT2D eigenvalue weighted by Crippen LogP contribution is -2.39. The molecule has 1 aromatic carbocycles. The molecule has 0 N–H and O–H groups in total. The summed E-state index contributed by atoms with van der Waals surface area (Å²) >= 11 is 0. The predicted octanol–water partition coefficient (Wildman–Crippen LogP) is 3.05. The molecule has 4 rings (SSSR count). The zero-order valence-electron chi connectivity index (χ0n) is 15.8. The van der Waals surface area contributed by atoms with Gasteiger partial charge in [0.15, 0.2) is 0 Å². The number of anilines is 1. The molecule has 2 aliphatic rings. The minimum Gasteiger partial charge on any atom is -0.338 e. The molecule has 2 saturated heterocycles. The van der Waals surface area contributed by atoms with Crippen LogP contribution in [0.4, 0.5) is 5.69 Å². The molecule has 0 unspecified atom stereocenters. The molecule has 27 heavy (non-hydrogen) atoms. The van der Waals surface area contributed by atoms with E-state index in [2.05, 4.69) is 16.5 Å². The minimum absolute atomic E-state index is 0.0635. The molecule has 2 amide bonds. The van der Waals surface area contributed by atoms with Crippen molar-refractivity contribution in [2.45, 2.75) is 45.1 Å². The van der Waals surface area contributed by atoms with E-state index in [-0.39, 0.29) is 11.8 Å². The second kappa shape index (κ2) is 7.55. The molecule has 0 radical (unpaired) electrons. The van der Waals surface area contributed by atoms with Crippen molar-refractivity contribution >= 4 is 17.5 Å². The standard InChI is InChI=1S/C21H26N4O2/c1-2-23-14-11-22-20(23)17-5-3-12-24(15-17)21(27)16-7-9-18(10-8-16)25-13-4-6-19(25)26/h7-11,14,17H,2-6,12-13,15H2,1H3/t17-/m0/s1. The number of hydrogen-bond acceptors (Lipinski definition) is 3. The Morgan fingerprint density at radius 2 is 2.00 bits per heavy atom. The monoisotopic (exact) mass is 366 g/mol. The van der Waals surface area contributed by atoms with E-state index in [4.69, 9.17) is 0 Å². The molecule has 1 aromatic heterocycles. The van der Waals surface area contributed by atoms with Gasteiger partial charge in [-0.1, -0.05) is 0 Å². The highest BCUT2D eigenvalue weighted by Crippen LogP contribution is 2.27. The maximum atomic E-state index is 13.0. The second-order valence-electron chi connectivity index (χ2n) is 7.36. The number of carbonyl (C=O) groups excluding carboxylic acids is 2. The lowest BCUT2D eigenvalue weighted by Gasteiger charge is -2.32. The SMILES string of the molecule is CCn1ccnc1[C@H]1CCCN(C(=O)c2ccc(N3CCCC3=O)cc2)C1. The molecule has 0 spiro atoms. The second-order valence-corrected chi connectivity index (χ2v) is 7.36. The number of carbonyl (C=O) groups is 2. The molecular formula is C21H26N4O2. The summed E-state index contributed by atoms with van der Waals surface area (Å²) in [6, 6.07) is 7.48. The molecule has 0 bridgehead atoms. The topological polar surface area (TPSA) is 58.4 Å². The zero-order valence-corrected chi connectivity index (χ0v) is 15.8. The van der Waals surface area contributed by atoms with Gasteiger partial charge in [-0.25, -0.2) is 4.98 Å². The number of hydrogen-bond donors (Lipinski definition) is 0. The van der Waals surface area contributed by atoms with Gasteiger partial charge in [-0.05, 0) is 50.5 Å². The van der Waals surface area contributed by atoms with E-state index in [9.17, 15) is 9.59 Å². The van der Waals surface area contributed by atoms with Crippen LogP contribution < -0.4 is 4.90 Å². The fourth-order valence-corrected chi connectivity index (χ4v) is 4.21. The van der Waals surface area contributed by atoms with E-state index in [0.29, 0.717) is 24.4 Å². The van der Waals surface area contributed by atoms with E-state index < -0.39 is 0 Å². The third kappa shape index (κ3) is 3.48. The summed E-state index contributed by atoms with van der Waals surface area (Å²) in [5, 5.41) is 0. The normalized spacial score (nSPS) is 20.3. The van der Waals surface area contributed by atoms with Crippen LogP contribution >= 0.6 is 0 Å². The van der Waals surface area contributed by atoms with E-state index in [1.807, 2.05) is 41.6 Å². The lowest BCUT2D eigenvalue weighted by atomic mass is 9.96. The van der Waals surface area contributed by atoms with E-state index in [0.717, 1.165) is 50.4 Å². The Labute approximate surface area is 159 Å². The number of aromatic nitrogens is 2. The van der Waals surface area contributed by atoms with Gasteiger partial charge in [0, 0.05) is 62.2 Å². The van der Waals surface area contributed by atoms with Crippen molar-refractivity contribution in [1.82, 2.24) is 14.5 Å². The molecule has 0 aliphatic carbocycles. The van der Waals surface area contributed by atoms with Gasteiger partial charge in [0.25, 0.3) is 5.91 Å². The fraction of sp³-hybridized carbons (Fsp3) is 0.476. The molecule has 2 aliphatic heterocycles. The molecule has 2 fully saturated rings. The van der Waals surface area contributed by atoms with Crippen LogP contribution in [0.3, 0.4) is 0 Å². The van der Waals surface area contributed by atoms with Gasteiger partial charge < -0.3 is 14.4 Å². The van der Waals surface area contributed by atoms with Crippen molar-refractivity contribution in [1.29, 1.82) is 0 Å². The molecule has 2 aromatic rings. The Kier molecular flexibility index (Phi) is 4.97. The maximum Gasteiger partial charge on any atom is 0.253 e. The van der Waals surface area contributed by atoms with E-state index in [1.54, 1.807) is 4.90 Å². The first-order chi connectivity index (χ1) is 13.2. The van der Waals surface area contributed by atoms with Crippen LogP contribution in [0.15, 0.2) is 36.7 Å². The van der Waals surface area contributed by atoms with Crippen LogP contribution in [-0.4, -0.2) is 45.9 Å². The molecular weight excluding hydrogens is 340 g/mol. The number of rotatable bonds is 4. The van der Waals surface area contributed by atoms with Gasteiger partial charge in [0.05, 0.1) is 0 Å². The summed E-state index contributed by atoms with van der Waals surface area (Å²) in [4.78, 5) is 33.1. The summed E-state index contributed by atoms with van der Waals surface area (Å²) in [6.45, 7) is 5.28. The Hall–Kier alpha value is -2.63. The third-order valence-corrected chi connectivity index (χ3v) is 5.66. The quantitative estimate of drug-likeness (QED) is 0.836. The van der Waals surface area contributed by atoms with Crippen LogP contribution in [0.2, 0.25) is 0 Å². The molecule has 0 saturated carbocycles. The molecule has 1 atom stereocenters. The highest BCUT2D eigenvalue weighted by molar-refractivity contribution is 5.97. The van der Waals surface area contributed by atoms with Crippen molar-refractivity contribution < 1.29 is 9.59 Å². The van der Waals surface area contributed by atoms with Gasteiger partial charge >= 0.3 is 0 Å². The van der Waals surface area contributed by atoms with Crippen LogP contribution in [0, 0.1) is 0 Å². The smallest absolute Gasteiger partial charge is 0.253 e. The number of amides is 2. The third-order valence-electron chi connectivity index (χ3n) is 5.66. The molecule has 6 heteroatoms. The average molecular weight is 366 g/mol. The van der Waals surface area contributed by atoms with E-state index in [1.165, 1.54) is 0 Å². The predicted molar refractivity (Wildman–Crippen MR) is 104 cm³/mol. The summed E-state index contributed by atoms with van der Waals surface area (Å²) < 4.78 is 2.17. The Morgan fingerprint density at radius 1 is 1.19 bits per heavy atom. The number of likely N-dealkylation sites (tertiary alicyclic amines) is 1. The summed E-state index contributed by atoms with van der Waals surface area (Å²) in [5.74, 6) is 1.60. The zero-order chi connectivity index (χ0) is 18.8. The Bertz CT molecular complexity index is 827. The van der Waals surface area contributed by atoms with Crippen LogP contribution in [0.5, 0.6) is 0 Å². The summed E-state index contributed by atoms with van der Waals surface area (Å²) in [5.41, 5.74) is 1.57. The molecule has 142 valence electrons. The lowest BCUT2D eigenvalue weighted by molar-refractivity contribution is -0.117. The largest absolute Gasteiger partial charge is 0.338 e. The van der Waals surface area contributed by atoms with Crippen molar-refractivity contribution in [2.75, 3.05) is 24.5 Å². The van der Waals surface area contributed by atoms with Gasteiger partial charge in [-0.15, -0.1) is 0 Å². The minimum atomic E-state index is 0.0635. The first-order valence-corrected chi connectivity index (χ1v) is 9.88. The number of imidazole rings is 1. The Morgan fingerprint density at radius 3 is 2.70 bits per heavy atom. The highest BCUT2D eigenvalue weighted by atomic mass is 16.2. The van der Waals surface area contributed by atoms with Gasteiger partial charge in [0.1, 0.15) is 5.82 Å². The van der Waals surface area contributed by atoms with E-state index >= 15 is 0 Å². The van der Waals surface area contributed by atoms with Gasteiger partial charge in [-0.2, -0.15) is 0 Å². The van der Waals surface area contributed by atoms with Crippen molar-refractivity contribution in [2.24, 2.45) is 0 Å². The fourth-order valence-electron chi connectivity index (χ4n) is 4.21. The first kappa shape index (κ1) is 17.8. The Balaban J connectivity index is 1.46. The first-order valence-electron chi connectivity index (χ1n) is 9.88. The number of nitrogens with zero attached hydrogens (tertiary/aromatic N) is 4. The van der Waals surface area contributed by atoms with Crippen LogP contribution in [-0.2, 0) is 11.3 Å². The number of benzene rings is 1. The van der Waals surface area contributed by atoms with Crippen LogP contribution in [0.1, 0.15) is 54.7 Å². The average Bonchev–Trinajstić information content (AvgIpc) is 3.36.